The highest BCUT2D eigenvalue weighted by atomic mass is 35.5. The van der Waals surface area contributed by atoms with Gasteiger partial charge in [-0.1, -0.05) is 11.6 Å². The largest absolute Gasteiger partial charge is 0.354 e. The summed E-state index contributed by atoms with van der Waals surface area (Å²) in [6, 6.07) is 9.61. The van der Waals surface area contributed by atoms with Crippen molar-refractivity contribution in [2.45, 2.75) is 0 Å². The molecule has 5 heteroatoms. The van der Waals surface area contributed by atoms with E-state index < -0.39 is 5.82 Å². The lowest BCUT2D eigenvalue weighted by Gasteiger charge is -2.06. The molecule has 2 aromatic rings. The minimum absolute atomic E-state index is 0.0773. The average molecular weight is 248 g/mol. The van der Waals surface area contributed by atoms with Crippen molar-refractivity contribution >= 4 is 23.0 Å². The standard InChI is InChI=1S/C12H7ClFN3/c13-11-4-3-8(5-12(11)14)17-10-2-1-9(6-15)16-7-10/h1-5,7,17H. The van der Waals surface area contributed by atoms with E-state index in [-0.39, 0.29) is 5.02 Å². The van der Waals surface area contributed by atoms with Gasteiger partial charge in [0.25, 0.3) is 0 Å². The van der Waals surface area contributed by atoms with Gasteiger partial charge in [-0.25, -0.2) is 9.37 Å². The van der Waals surface area contributed by atoms with E-state index in [0.717, 1.165) is 0 Å². The van der Waals surface area contributed by atoms with E-state index in [9.17, 15) is 4.39 Å². The number of hydrogen-bond donors (Lipinski definition) is 1. The van der Waals surface area contributed by atoms with Crippen LogP contribution in [-0.2, 0) is 0 Å². The van der Waals surface area contributed by atoms with Crippen molar-refractivity contribution in [2.75, 3.05) is 5.32 Å². The van der Waals surface area contributed by atoms with E-state index in [1.54, 1.807) is 18.2 Å². The number of halogens is 2. The van der Waals surface area contributed by atoms with Crippen molar-refractivity contribution < 1.29 is 4.39 Å². The molecule has 0 saturated heterocycles. The van der Waals surface area contributed by atoms with E-state index >= 15 is 0 Å². The number of nitrogens with one attached hydrogen (secondary N) is 1. The van der Waals surface area contributed by atoms with Crippen LogP contribution < -0.4 is 5.32 Å². The third-order valence-corrected chi connectivity index (χ3v) is 2.39. The van der Waals surface area contributed by atoms with Crippen LogP contribution in [0.4, 0.5) is 15.8 Å². The van der Waals surface area contributed by atoms with E-state index in [1.807, 2.05) is 6.07 Å². The highest BCUT2D eigenvalue weighted by Gasteiger charge is 2.01. The van der Waals surface area contributed by atoms with Gasteiger partial charge in [-0.2, -0.15) is 5.26 Å². The van der Waals surface area contributed by atoms with Gasteiger partial charge in [0.05, 0.1) is 16.9 Å². The van der Waals surface area contributed by atoms with Crippen LogP contribution in [0.25, 0.3) is 0 Å². The van der Waals surface area contributed by atoms with Gasteiger partial charge in [0.15, 0.2) is 0 Å². The molecule has 1 heterocycles. The Labute approximate surface area is 102 Å². The fourth-order valence-corrected chi connectivity index (χ4v) is 1.39. The molecule has 0 amide bonds. The first-order valence-corrected chi connectivity index (χ1v) is 5.15. The van der Waals surface area contributed by atoms with Crippen LogP contribution in [0.3, 0.4) is 0 Å². The third-order valence-electron chi connectivity index (χ3n) is 2.09. The van der Waals surface area contributed by atoms with Crippen LogP contribution in [0.15, 0.2) is 36.5 Å². The van der Waals surface area contributed by atoms with Crippen LogP contribution in [0, 0.1) is 17.1 Å². The van der Waals surface area contributed by atoms with Crippen LogP contribution in [0.5, 0.6) is 0 Å². The Kier molecular flexibility index (Phi) is 3.22. The first-order valence-electron chi connectivity index (χ1n) is 4.77. The topological polar surface area (TPSA) is 48.7 Å². The lowest BCUT2D eigenvalue weighted by atomic mass is 10.3. The van der Waals surface area contributed by atoms with Crippen molar-refractivity contribution in [1.82, 2.24) is 4.98 Å². The maximum absolute atomic E-state index is 13.2. The molecule has 1 aromatic heterocycles. The molecule has 0 bridgehead atoms. The maximum Gasteiger partial charge on any atom is 0.143 e. The average Bonchev–Trinajstić information content (AvgIpc) is 2.35. The fraction of sp³-hybridized carbons (Fsp3) is 0. The summed E-state index contributed by atoms with van der Waals surface area (Å²) in [5.74, 6) is -0.488. The molecule has 3 nitrogen and oxygen atoms in total. The summed E-state index contributed by atoms with van der Waals surface area (Å²) in [5.41, 5.74) is 1.57. The molecule has 0 aliphatic rings. The van der Waals surface area contributed by atoms with Crippen molar-refractivity contribution in [1.29, 1.82) is 5.26 Å². The first-order chi connectivity index (χ1) is 8.19. The summed E-state index contributed by atoms with van der Waals surface area (Å²) in [7, 11) is 0. The Morgan fingerprint density at radius 1 is 1.24 bits per heavy atom. The van der Waals surface area contributed by atoms with Gasteiger partial charge in [0.2, 0.25) is 0 Å². The summed E-state index contributed by atoms with van der Waals surface area (Å²) in [5, 5.41) is 11.6. The van der Waals surface area contributed by atoms with Crippen LogP contribution in [0.1, 0.15) is 5.69 Å². The van der Waals surface area contributed by atoms with Crippen molar-refractivity contribution in [3.63, 3.8) is 0 Å². The molecule has 0 radical (unpaired) electrons. The molecule has 17 heavy (non-hydrogen) atoms. The molecule has 0 fully saturated rings. The number of nitriles is 1. The van der Waals surface area contributed by atoms with Crippen LogP contribution in [0.2, 0.25) is 5.02 Å². The zero-order valence-electron chi connectivity index (χ0n) is 8.61. The molecule has 0 aliphatic carbocycles. The van der Waals surface area contributed by atoms with Gasteiger partial charge < -0.3 is 5.32 Å². The monoisotopic (exact) mass is 247 g/mol. The second kappa shape index (κ2) is 4.81. The smallest absolute Gasteiger partial charge is 0.143 e. The summed E-state index contributed by atoms with van der Waals surface area (Å²) < 4.78 is 13.2. The molecule has 1 aromatic carbocycles. The SMILES string of the molecule is N#Cc1ccc(Nc2ccc(Cl)c(F)c2)cn1. The Morgan fingerprint density at radius 3 is 2.59 bits per heavy atom. The Balaban J connectivity index is 2.20. The van der Waals surface area contributed by atoms with Gasteiger partial charge in [0, 0.05) is 5.69 Å². The van der Waals surface area contributed by atoms with E-state index in [4.69, 9.17) is 16.9 Å². The number of pyridine rings is 1. The lowest BCUT2D eigenvalue weighted by Crippen LogP contribution is -1.92. The van der Waals surface area contributed by atoms with Crippen LogP contribution in [-0.4, -0.2) is 4.98 Å². The predicted octanol–water partition coefficient (Wildman–Crippen LogP) is 3.49. The number of anilines is 2. The zero-order chi connectivity index (χ0) is 12.3. The molecule has 1 N–H and O–H groups in total. The predicted molar refractivity (Wildman–Crippen MR) is 63.6 cm³/mol. The van der Waals surface area contributed by atoms with Gasteiger partial charge in [0.1, 0.15) is 17.6 Å². The van der Waals surface area contributed by atoms with Crippen molar-refractivity contribution in [2.24, 2.45) is 0 Å². The number of benzene rings is 1. The highest BCUT2D eigenvalue weighted by Crippen LogP contribution is 2.21. The molecular weight excluding hydrogens is 241 g/mol. The van der Waals surface area contributed by atoms with Crippen molar-refractivity contribution in [3.05, 3.63) is 53.1 Å². The fourth-order valence-electron chi connectivity index (χ4n) is 1.27. The van der Waals surface area contributed by atoms with Crippen molar-refractivity contribution in [3.8, 4) is 6.07 Å². The molecule has 0 saturated carbocycles. The number of rotatable bonds is 2. The van der Waals surface area contributed by atoms with Crippen LogP contribution >= 0.6 is 11.6 Å². The number of nitrogens with zero attached hydrogens (tertiary/aromatic N) is 2. The van der Waals surface area contributed by atoms with Gasteiger partial charge in [-0.05, 0) is 30.3 Å². The van der Waals surface area contributed by atoms with Gasteiger partial charge in [-0.3, -0.25) is 0 Å². The Morgan fingerprint density at radius 2 is 2.00 bits per heavy atom. The summed E-state index contributed by atoms with van der Waals surface area (Å²) in [6.07, 6.45) is 1.51. The molecular formula is C12H7ClFN3. The van der Waals surface area contributed by atoms with Gasteiger partial charge >= 0.3 is 0 Å². The molecule has 0 unspecified atom stereocenters. The molecule has 0 spiro atoms. The summed E-state index contributed by atoms with van der Waals surface area (Å²) in [6.45, 7) is 0. The lowest BCUT2D eigenvalue weighted by molar-refractivity contribution is 0.629. The quantitative estimate of drug-likeness (QED) is 0.884. The molecule has 0 atom stereocenters. The Hall–Kier alpha value is -2.12. The molecule has 2 rings (SSSR count). The third kappa shape index (κ3) is 2.71. The van der Waals surface area contributed by atoms with Gasteiger partial charge in [-0.15, -0.1) is 0 Å². The first kappa shape index (κ1) is 11.4. The zero-order valence-corrected chi connectivity index (χ0v) is 9.37. The number of hydrogen-bond acceptors (Lipinski definition) is 3. The minimum atomic E-state index is -0.488. The highest BCUT2D eigenvalue weighted by molar-refractivity contribution is 6.30. The van der Waals surface area contributed by atoms with E-state index in [1.165, 1.54) is 18.3 Å². The van der Waals surface area contributed by atoms with E-state index in [2.05, 4.69) is 10.3 Å². The summed E-state index contributed by atoms with van der Waals surface area (Å²) >= 11 is 5.57. The second-order valence-corrected chi connectivity index (χ2v) is 3.71. The normalized spacial score (nSPS) is 9.71. The molecule has 84 valence electrons. The minimum Gasteiger partial charge on any atom is -0.354 e. The number of aromatic nitrogens is 1. The van der Waals surface area contributed by atoms with E-state index in [0.29, 0.717) is 17.1 Å². The Bertz CT molecular complexity index is 575. The summed E-state index contributed by atoms with van der Waals surface area (Å²) in [4.78, 5) is 3.89. The second-order valence-electron chi connectivity index (χ2n) is 3.30. The maximum atomic E-state index is 13.2. The molecule has 0 aliphatic heterocycles.